The molecule has 0 amide bonds. The van der Waals surface area contributed by atoms with Crippen molar-refractivity contribution in [3.05, 3.63) is 0 Å². The van der Waals surface area contributed by atoms with Crippen molar-refractivity contribution in [1.82, 2.24) is 4.57 Å². The summed E-state index contributed by atoms with van der Waals surface area (Å²) >= 11 is 0. The molecule has 0 bridgehead atoms. The maximum absolute atomic E-state index is 5.60. The van der Waals surface area contributed by atoms with E-state index in [0.29, 0.717) is 5.92 Å². The normalized spacial score (nSPS) is 22.8. The second kappa shape index (κ2) is 4.55. The summed E-state index contributed by atoms with van der Waals surface area (Å²) < 4.78 is 13.6. The molecule has 0 radical (unpaired) electrons. The summed E-state index contributed by atoms with van der Waals surface area (Å²) in [6, 6.07) is 1.12. The Hall–Kier alpha value is 0.0969. The first-order valence-corrected chi connectivity index (χ1v) is 6.97. The van der Waals surface area contributed by atoms with E-state index in [1.165, 1.54) is 6.42 Å². The Balaban J connectivity index is 2.60. The first-order chi connectivity index (χ1) is 6.14. The molecule has 1 saturated heterocycles. The third-order valence-corrected chi connectivity index (χ3v) is 6.26. The van der Waals surface area contributed by atoms with Gasteiger partial charge in [0.15, 0.2) is 0 Å². The fourth-order valence-corrected chi connectivity index (χ4v) is 5.19. The second-order valence-electron chi connectivity index (χ2n) is 4.06. The molecule has 0 aliphatic carbocycles. The van der Waals surface area contributed by atoms with Gasteiger partial charge in [-0.05, 0) is 25.4 Å². The van der Waals surface area contributed by atoms with E-state index >= 15 is 0 Å². The van der Waals surface area contributed by atoms with Crippen LogP contribution < -0.4 is 0 Å². The van der Waals surface area contributed by atoms with Crippen molar-refractivity contribution in [2.75, 3.05) is 27.3 Å². The van der Waals surface area contributed by atoms with Crippen molar-refractivity contribution in [1.29, 1.82) is 0 Å². The minimum atomic E-state index is -1.94. The zero-order chi connectivity index (χ0) is 9.90. The fourth-order valence-electron chi connectivity index (χ4n) is 2.04. The van der Waals surface area contributed by atoms with Crippen LogP contribution in [0.5, 0.6) is 0 Å². The molecule has 0 saturated carbocycles. The van der Waals surface area contributed by atoms with Gasteiger partial charge < -0.3 is 8.85 Å². The van der Waals surface area contributed by atoms with E-state index in [9.17, 15) is 0 Å². The largest absolute Gasteiger partial charge is 0.427 e. The average molecular weight is 203 g/mol. The Morgan fingerprint density at radius 1 is 1.31 bits per heavy atom. The molecule has 1 heterocycles. The molecule has 13 heavy (non-hydrogen) atoms. The van der Waals surface area contributed by atoms with Gasteiger partial charge in [0.1, 0.15) is 0 Å². The van der Waals surface area contributed by atoms with Gasteiger partial charge in [-0.3, -0.25) is 4.57 Å². The molecule has 78 valence electrons. The number of hydrogen-bond acceptors (Lipinski definition) is 3. The van der Waals surface area contributed by atoms with Crippen LogP contribution in [0.2, 0.25) is 6.04 Å². The molecule has 0 spiro atoms. The summed E-state index contributed by atoms with van der Waals surface area (Å²) in [6.07, 6.45) is 1.22. The highest BCUT2D eigenvalue weighted by molar-refractivity contribution is 6.65. The molecular weight excluding hydrogens is 182 g/mol. The van der Waals surface area contributed by atoms with Crippen molar-refractivity contribution >= 4 is 8.72 Å². The lowest BCUT2D eigenvalue weighted by Gasteiger charge is -2.32. The van der Waals surface area contributed by atoms with Crippen molar-refractivity contribution in [2.24, 2.45) is 5.92 Å². The zero-order valence-electron chi connectivity index (χ0n) is 9.17. The Morgan fingerprint density at radius 2 is 1.92 bits per heavy atom. The molecule has 1 fully saturated rings. The number of hydrogen-bond donors (Lipinski definition) is 0. The van der Waals surface area contributed by atoms with Crippen molar-refractivity contribution in [3.63, 3.8) is 0 Å². The van der Waals surface area contributed by atoms with Gasteiger partial charge in [0.2, 0.25) is 0 Å². The third-order valence-electron chi connectivity index (χ3n) is 2.63. The summed E-state index contributed by atoms with van der Waals surface area (Å²) in [6.45, 7) is 6.73. The Kier molecular flexibility index (Phi) is 3.91. The molecule has 3 nitrogen and oxygen atoms in total. The van der Waals surface area contributed by atoms with Gasteiger partial charge in [-0.2, -0.15) is 0 Å². The predicted molar refractivity (Wildman–Crippen MR) is 55.6 cm³/mol. The summed E-state index contributed by atoms with van der Waals surface area (Å²) in [7, 11) is 1.63. The van der Waals surface area contributed by atoms with Crippen molar-refractivity contribution in [3.8, 4) is 0 Å². The minimum Gasteiger partial charge on any atom is -0.386 e. The second-order valence-corrected chi connectivity index (χ2v) is 7.44. The zero-order valence-corrected chi connectivity index (χ0v) is 10.2. The average Bonchev–Trinajstić information content (AvgIpc) is 2.48. The number of rotatable bonds is 4. The van der Waals surface area contributed by atoms with E-state index in [4.69, 9.17) is 8.85 Å². The van der Waals surface area contributed by atoms with E-state index in [2.05, 4.69) is 18.4 Å². The van der Waals surface area contributed by atoms with Crippen LogP contribution in [0, 0.1) is 5.92 Å². The molecule has 1 aliphatic rings. The van der Waals surface area contributed by atoms with Gasteiger partial charge in [0.25, 0.3) is 0 Å². The summed E-state index contributed by atoms with van der Waals surface area (Å²) in [5, 5.41) is 0. The van der Waals surface area contributed by atoms with Gasteiger partial charge in [-0.25, -0.2) is 0 Å². The van der Waals surface area contributed by atoms with Crippen molar-refractivity contribution in [2.45, 2.75) is 26.3 Å². The Labute approximate surface area is 82.3 Å². The van der Waals surface area contributed by atoms with Crippen molar-refractivity contribution < 1.29 is 8.85 Å². The third kappa shape index (κ3) is 2.31. The topological polar surface area (TPSA) is 21.7 Å². The molecule has 1 aliphatic heterocycles. The maximum atomic E-state index is 5.60. The smallest absolute Gasteiger partial charge is 0.386 e. The molecule has 0 aromatic heterocycles. The highest BCUT2D eigenvalue weighted by Gasteiger charge is 2.47. The van der Waals surface area contributed by atoms with E-state index in [0.717, 1.165) is 19.1 Å². The van der Waals surface area contributed by atoms with Gasteiger partial charge in [0, 0.05) is 20.3 Å². The van der Waals surface area contributed by atoms with Gasteiger partial charge in [-0.1, -0.05) is 13.8 Å². The predicted octanol–water partition coefficient (Wildman–Crippen LogP) is 1.58. The van der Waals surface area contributed by atoms with Crippen LogP contribution in [-0.2, 0) is 8.85 Å². The van der Waals surface area contributed by atoms with Crippen LogP contribution in [0.15, 0.2) is 0 Å². The van der Waals surface area contributed by atoms with Crippen LogP contribution in [0.3, 0.4) is 0 Å². The molecule has 1 rings (SSSR count). The van der Waals surface area contributed by atoms with Crippen LogP contribution >= 0.6 is 0 Å². The van der Waals surface area contributed by atoms with Gasteiger partial charge >= 0.3 is 8.72 Å². The Morgan fingerprint density at radius 3 is 2.38 bits per heavy atom. The number of nitrogens with zero attached hydrogens (tertiary/aromatic N) is 1. The molecule has 0 unspecified atom stereocenters. The summed E-state index contributed by atoms with van der Waals surface area (Å²) in [5.41, 5.74) is 0. The minimum absolute atomic E-state index is 0.690. The molecule has 4 heteroatoms. The van der Waals surface area contributed by atoms with Crippen LogP contribution in [0.1, 0.15) is 20.3 Å². The van der Waals surface area contributed by atoms with Crippen LogP contribution in [-0.4, -0.2) is 40.6 Å². The molecule has 0 aromatic carbocycles. The first-order valence-electron chi connectivity index (χ1n) is 5.00. The van der Waals surface area contributed by atoms with Gasteiger partial charge in [-0.15, -0.1) is 0 Å². The SMILES string of the molecule is CO[Si]1(OC)CCCN1CC(C)C. The molecule has 0 N–H and O–H groups in total. The quantitative estimate of drug-likeness (QED) is 0.648. The lowest BCUT2D eigenvalue weighted by atomic mass is 10.2. The summed E-state index contributed by atoms with van der Waals surface area (Å²) in [5.74, 6) is 0.690. The lowest BCUT2D eigenvalue weighted by Crippen LogP contribution is -2.54. The van der Waals surface area contributed by atoms with Crippen LogP contribution in [0.4, 0.5) is 0 Å². The molecule has 0 atom stereocenters. The first kappa shape index (κ1) is 11.2. The fraction of sp³-hybridized carbons (Fsp3) is 1.00. The molecule has 0 aromatic rings. The lowest BCUT2D eigenvalue weighted by molar-refractivity contribution is 0.175. The van der Waals surface area contributed by atoms with E-state index in [1.54, 1.807) is 14.2 Å². The Bertz CT molecular complexity index is 160. The van der Waals surface area contributed by atoms with E-state index in [1.807, 2.05) is 0 Å². The van der Waals surface area contributed by atoms with Gasteiger partial charge in [0.05, 0.1) is 0 Å². The monoisotopic (exact) mass is 203 g/mol. The van der Waals surface area contributed by atoms with Crippen LogP contribution in [0.25, 0.3) is 0 Å². The highest BCUT2D eigenvalue weighted by Crippen LogP contribution is 2.27. The van der Waals surface area contributed by atoms with E-state index in [-0.39, 0.29) is 0 Å². The standard InChI is InChI=1S/C9H21NO2Si/c1-9(2)8-10-6-5-7-13(10,11-3)12-4/h9H,5-8H2,1-4H3. The highest BCUT2D eigenvalue weighted by atomic mass is 28.4. The molecular formula is C9H21NO2Si. The summed E-state index contributed by atoms with van der Waals surface area (Å²) in [4.78, 5) is 0. The van der Waals surface area contributed by atoms with E-state index < -0.39 is 8.72 Å². The maximum Gasteiger partial charge on any atom is 0.427 e.